The van der Waals surface area contributed by atoms with Gasteiger partial charge in [0.05, 0.1) is 11.0 Å². The SMILES string of the molecule is C[n+]1noc([O-])c1C(=O)CSCc1ccccc1. The Balaban J connectivity index is 1.90. The maximum atomic E-state index is 11.8. The van der Waals surface area contributed by atoms with Crippen molar-refractivity contribution >= 4 is 17.5 Å². The van der Waals surface area contributed by atoms with Crippen molar-refractivity contribution in [3.63, 3.8) is 0 Å². The van der Waals surface area contributed by atoms with Crippen molar-refractivity contribution in [3.8, 4) is 5.95 Å². The standard InChI is InChI=1S/C12H12N2O3S/c1-14-11(12(16)17-13-14)10(15)8-18-7-9-5-3-2-4-6-9/h2-6H,7-8H2,1H3. The summed E-state index contributed by atoms with van der Waals surface area (Å²) >= 11 is 1.46. The van der Waals surface area contributed by atoms with Crippen LogP contribution in [-0.4, -0.2) is 16.8 Å². The molecule has 0 saturated heterocycles. The predicted molar refractivity (Wildman–Crippen MR) is 64.1 cm³/mol. The van der Waals surface area contributed by atoms with E-state index >= 15 is 0 Å². The average molecular weight is 264 g/mol. The Hall–Kier alpha value is -1.82. The fourth-order valence-electron chi connectivity index (χ4n) is 1.51. The predicted octanol–water partition coefficient (Wildman–Crippen LogP) is 0.689. The van der Waals surface area contributed by atoms with E-state index in [2.05, 4.69) is 9.79 Å². The number of hydrogen-bond donors (Lipinski definition) is 0. The number of carbonyl (C=O) groups is 1. The van der Waals surface area contributed by atoms with Crippen LogP contribution in [0.2, 0.25) is 0 Å². The highest BCUT2D eigenvalue weighted by atomic mass is 32.2. The van der Waals surface area contributed by atoms with E-state index in [4.69, 9.17) is 0 Å². The molecule has 0 spiro atoms. The highest BCUT2D eigenvalue weighted by Gasteiger charge is 2.22. The van der Waals surface area contributed by atoms with Crippen LogP contribution in [-0.2, 0) is 12.8 Å². The molecule has 2 rings (SSSR count). The van der Waals surface area contributed by atoms with Gasteiger partial charge in [0.1, 0.15) is 0 Å². The van der Waals surface area contributed by atoms with Crippen LogP contribution in [0.1, 0.15) is 16.1 Å². The Morgan fingerprint density at radius 1 is 1.44 bits per heavy atom. The second-order valence-corrected chi connectivity index (χ2v) is 4.72. The molecule has 2 aromatic rings. The number of rotatable bonds is 5. The quantitative estimate of drug-likeness (QED) is 0.587. The smallest absolute Gasteiger partial charge is 0.300 e. The first kappa shape index (κ1) is 12.6. The van der Waals surface area contributed by atoms with Crippen LogP contribution in [0, 0.1) is 0 Å². The molecule has 94 valence electrons. The zero-order chi connectivity index (χ0) is 13.0. The van der Waals surface area contributed by atoms with Crippen molar-refractivity contribution < 1.29 is 19.1 Å². The largest absolute Gasteiger partial charge is 0.539 e. The van der Waals surface area contributed by atoms with Gasteiger partial charge in [0.2, 0.25) is 5.78 Å². The fourth-order valence-corrected chi connectivity index (χ4v) is 2.37. The molecular weight excluding hydrogens is 252 g/mol. The van der Waals surface area contributed by atoms with Crippen molar-refractivity contribution in [2.75, 3.05) is 5.75 Å². The summed E-state index contributed by atoms with van der Waals surface area (Å²) in [6.07, 6.45) is 0. The molecule has 0 radical (unpaired) electrons. The van der Waals surface area contributed by atoms with Crippen LogP contribution < -0.4 is 9.79 Å². The molecule has 1 heterocycles. The number of ketones is 1. The number of Topliss-reactive ketones (excluding diaryl/α,β-unsaturated/α-hetero) is 1. The second-order valence-electron chi connectivity index (χ2n) is 3.73. The highest BCUT2D eigenvalue weighted by molar-refractivity contribution is 7.99. The lowest BCUT2D eigenvalue weighted by Crippen LogP contribution is -2.37. The van der Waals surface area contributed by atoms with Gasteiger partial charge in [-0.1, -0.05) is 35.0 Å². The Labute approximate surface area is 108 Å². The molecule has 5 nitrogen and oxygen atoms in total. The number of thioether (sulfide) groups is 1. The molecule has 0 N–H and O–H groups in total. The lowest BCUT2D eigenvalue weighted by molar-refractivity contribution is -0.741. The molecule has 1 aromatic carbocycles. The van der Waals surface area contributed by atoms with Gasteiger partial charge < -0.3 is 9.63 Å². The lowest BCUT2D eigenvalue weighted by atomic mass is 10.2. The van der Waals surface area contributed by atoms with E-state index in [0.29, 0.717) is 0 Å². The molecular formula is C12H12N2O3S. The zero-order valence-electron chi connectivity index (χ0n) is 9.83. The summed E-state index contributed by atoms with van der Waals surface area (Å²) in [5.41, 5.74) is 1.14. The number of benzene rings is 1. The van der Waals surface area contributed by atoms with E-state index in [-0.39, 0.29) is 17.2 Å². The molecule has 1 aromatic heterocycles. The minimum absolute atomic E-state index is 0.00411. The first-order valence-corrected chi connectivity index (χ1v) is 6.52. The van der Waals surface area contributed by atoms with Crippen LogP contribution in [0.4, 0.5) is 0 Å². The van der Waals surface area contributed by atoms with Crippen molar-refractivity contribution in [1.29, 1.82) is 0 Å². The van der Waals surface area contributed by atoms with E-state index in [1.165, 1.54) is 23.5 Å². The molecule has 0 amide bonds. The topological polar surface area (TPSA) is 70.0 Å². The summed E-state index contributed by atoms with van der Waals surface area (Å²) in [4.78, 5) is 11.8. The number of carbonyl (C=O) groups excluding carboxylic acids is 1. The van der Waals surface area contributed by atoms with Crippen LogP contribution in [0.25, 0.3) is 0 Å². The van der Waals surface area contributed by atoms with E-state index in [0.717, 1.165) is 11.3 Å². The third kappa shape index (κ3) is 2.89. The third-order valence-corrected chi connectivity index (χ3v) is 3.38. The van der Waals surface area contributed by atoms with Gasteiger partial charge in [-0.05, 0) is 5.56 Å². The Bertz CT molecular complexity index is 520. The Morgan fingerprint density at radius 2 is 2.17 bits per heavy atom. The van der Waals surface area contributed by atoms with E-state index in [1.807, 2.05) is 30.3 Å². The maximum Gasteiger partial charge on any atom is 0.300 e. The van der Waals surface area contributed by atoms with Crippen molar-refractivity contribution in [3.05, 3.63) is 41.6 Å². The van der Waals surface area contributed by atoms with Crippen molar-refractivity contribution in [1.82, 2.24) is 5.27 Å². The summed E-state index contributed by atoms with van der Waals surface area (Å²) in [5.74, 6) is 0.0297. The molecule has 0 bridgehead atoms. The summed E-state index contributed by atoms with van der Waals surface area (Å²) in [7, 11) is 1.51. The minimum atomic E-state index is -0.678. The summed E-state index contributed by atoms with van der Waals surface area (Å²) in [6, 6.07) is 9.84. The Morgan fingerprint density at radius 3 is 2.78 bits per heavy atom. The number of aryl methyl sites for hydroxylation is 1. The van der Waals surface area contributed by atoms with Gasteiger partial charge in [0, 0.05) is 5.75 Å². The van der Waals surface area contributed by atoms with Crippen LogP contribution in [0.3, 0.4) is 0 Å². The van der Waals surface area contributed by atoms with Gasteiger partial charge in [-0.3, -0.25) is 4.79 Å². The number of hydrogen-bond acceptors (Lipinski definition) is 5. The van der Waals surface area contributed by atoms with E-state index in [9.17, 15) is 9.90 Å². The first-order chi connectivity index (χ1) is 8.68. The van der Waals surface area contributed by atoms with Gasteiger partial charge in [0.15, 0.2) is 13.0 Å². The van der Waals surface area contributed by atoms with Gasteiger partial charge in [-0.15, -0.1) is 11.8 Å². The summed E-state index contributed by atoms with van der Waals surface area (Å²) in [5, 5.41) is 14.6. The minimum Gasteiger partial charge on any atom is -0.539 e. The molecule has 0 saturated carbocycles. The molecule has 0 aliphatic rings. The zero-order valence-corrected chi connectivity index (χ0v) is 10.6. The molecule has 0 atom stereocenters. The van der Waals surface area contributed by atoms with Crippen LogP contribution in [0.5, 0.6) is 5.95 Å². The highest BCUT2D eigenvalue weighted by Crippen LogP contribution is 2.15. The number of aromatic nitrogens is 2. The van der Waals surface area contributed by atoms with Crippen molar-refractivity contribution in [2.45, 2.75) is 5.75 Å². The van der Waals surface area contributed by atoms with Crippen LogP contribution in [0.15, 0.2) is 34.9 Å². The van der Waals surface area contributed by atoms with Gasteiger partial charge in [-0.25, -0.2) is 0 Å². The van der Waals surface area contributed by atoms with E-state index in [1.54, 1.807) is 0 Å². The molecule has 0 unspecified atom stereocenters. The maximum absolute atomic E-state index is 11.8. The second kappa shape index (κ2) is 5.68. The molecule has 6 heteroatoms. The fraction of sp³-hybridized carbons (Fsp3) is 0.250. The first-order valence-electron chi connectivity index (χ1n) is 5.36. The molecule has 0 aliphatic heterocycles. The normalized spacial score (nSPS) is 10.5. The number of nitrogens with zero attached hydrogens (tertiary/aromatic N) is 2. The molecule has 0 aliphatic carbocycles. The third-order valence-electron chi connectivity index (χ3n) is 2.37. The summed E-state index contributed by atoms with van der Waals surface area (Å²) in [6.45, 7) is 0. The lowest BCUT2D eigenvalue weighted by Gasteiger charge is -1.99. The Kier molecular flexibility index (Phi) is 3.99. The molecule has 0 fully saturated rings. The van der Waals surface area contributed by atoms with E-state index < -0.39 is 5.95 Å². The van der Waals surface area contributed by atoms with Crippen LogP contribution >= 0.6 is 11.8 Å². The monoisotopic (exact) mass is 264 g/mol. The summed E-state index contributed by atoms with van der Waals surface area (Å²) < 4.78 is 5.58. The van der Waals surface area contributed by atoms with Gasteiger partial charge in [-0.2, -0.15) is 0 Å². The molecule has 18 heavy (non-hydrogen) atoms. The average Bonchev–Trinajstić information content (AvgIpc) is 2.70. The van der Waals surface area contributed by atoms with Gasteiger partial charge >= 0.3 is 0 Å². The van der Waals surface area contributed by atoms with Gasteiger partial charge in [0.25, 0.3) is 5.69 Å². The van der Waals surface area contributed by atoms with Crippen molar-refractivity contribution in [2.24, 2.45) is 7.05 Å².